The maximum Gasteiger partial charge on any atom is 0.153 e. The molecule has 2 N–H and O–H groups in total. The van der Waals surface area contributed by atoms with E-state index in [0.717, 1.165) is 5.69 Å². The molecule has 2 heterocycles. The number of nitrogens with two attached hydrogens (primary N) is 1. The summed E-state index contributed by atoms with van der Waals surface area (Å²) in [5.41, 5.74) is 7.89. The molecule has 0 radical (unpaired) electrons. The highest BCUT2D eigenvalue weighted by atomic mass is 16.5. The molecular weight excluding hydrogens is 216 g/mol. The summed E-state index contributed by atoms with van der Waals surface area (Å²) in [4.78, 5) is 12.6. The van der Waals surface area contributed by atoms with Gasteiger partial charge in [-0.2, -0.15) is 0 Å². The normalized spacial score (nSPS) is 11.8. The van der Waals surface area contributed by atoms with Crippen molar-refractivity contribution >= 4 is 16.9 Å². The minimum atomic E-state index is -0.0796. The second-order valence-electron chi connectivity index (χ2n) is 4.92. The van der Waals surface area contributed by atoms with Crippen LogP contribution in [0.15, 0.2) is 12.4 Å². The van der Waals surface area contributed by atoms with Gasteiger partial charge in [0.25, 0.3) is 0 Å². The average molecular weight is 232 g/mol. The molecule has 0 aliphatic carbocycles. The van der Waals surface area contributed by atoms with Gasteiger partial charge >= 0.3 is 0 Å². The quantitative estimate of drug-likeness (QED) is 0.813. The van der Waals surface area contributed by atoms with Crippen LogP contribution in [0.3, 0.4) is 0 Å². The predicted molar refractivity (Wildman–Crippen MR) is 67.0 cm³/mol. The Hall–Kier alpha value is -1.91. The summed E-state index contributed by atoms with van der Waals surface area (Å²) in [6.45, 7) is 6.25. The number of pyridine rings is 1. The van der Waals surface area contributed by atoms with Crippen molar-refractivity contribution in [2.75, 3.05) is 12.8 Å². The fourth-order valence-corrected chi connectivity index (χ4v) is 1.57. The molecule has 0 atom stereocenters. The number of fused-ring (bicyclic) bond motifs is 1. The van der Waals surface area contributed by atoms with E-state index in [2.05, 4.69) is 35.7 Å². The molecule has 0 unspecified atom stereocenters. The fraction of sp³-hybridized carbons (Fsp3) is 0.417. The monoisotopic (exact) mass is 232 g/mol. The summed E-state index contributed by atoms with van der Waals surface area (Å²) in [5.74, 6) is 1.05. The Balaban J connectivity index is 2.81. The average Bonchev–Trinajstić information content (AvgIpc) is 2.27. The maximum atomic E-state index is 5.82. The zero-order valence-electron chi connectivity index (χ0n) is 10.5. The zero-order chi connectivity index (χ0) is 12.6. The highest BCUT2D eigenvalue weighted by Gasteiger charge is 2.19. The Kier molecular flexibility index (Phi) is 2.61. The molecule has 2 aromatic heterocycles. The van der Waals surface area contributed by atoms with Crippen molar-refractivity contribution in [3.8, 4) is 5.75 Å². The molecule has 0 saturated heterocycles. The van der Waals surface area contributed by atoms with E-state index in [0.29, 0.717) is 22.6 Å². The third kappa shape index (κ3) is 2.00. The third-order valence-corrected chi connectivity index (χ3v) is 2.57. The molecule has 17 heavy (non-hydrogen) atoms. The predicted octanol–water partition coefficient (Wildman–Crippen LogP) is 1.91. The van der Waals surface area contributed by atoms with Gasteiger partial charge in [0.1, 0.15) is 23.1 Å². The highest BCUT2D eigenvalue weighted by Crippen LogP contribution is 2.30. The second-order valence-corrected chi connectivity index (χ2v) is 4.92. The molecule has 0 saturated carbocycles. The van der Waals surface area contributed by atoms with Crippen LogP contribution in [0.4, 0.5) is 5.82 Å². The summed E-state index contributed by atoms with van der Waals surface area (Å²) in [6, 6.07) is 1.90. The molecule has 0 aromatic carbocycles. The smallest absolute Gasteiger partial charge is 0.153 e. The van der Waals surface area contributed by atoms with Crippen LogP contribution in [-0.4, -0.2) is 22.1 Å². The number of hydrogen-bond donors (Lipinski definition) is 1. The van der Waals surface area contributed by atoms with Gasteiger partial charge in [0.2, 0.25) is 0 Å². The molecule has 5 heteroatoms. The van der Waals surface area contributed by atoms with Gasteiger partial charge in [-0.1, -0.05) is 20.8 Å². The molecule has 0 bridgehead atoms. The Bertz CT molecular complexity index is 560. The standard InChI is InChI=1S/C12H16N4O/c1-12(2,3)8-5-7(17-4)9-10(16-8)11(13)15-6-14-9/h5-6H,1-4H3,(H2,13,14,15). The molecule has 90 valence electrons. The lowest BCUT2D eigenvalue weighted by Crippen LogP contribution is -2.14. The Morgan fingerprint density at radius 2 is 1.88 bits per heavy atom. The lowest BCUT2D eigenvalue weighted by molar-refractivity contribution is 0.416. The van der Waals surface area contributed by atoms with Gasteiger partial charge in [-0.3, -0.25) is 0 Å². The molecule has 0 amide bonds. The molecule has 0 fully saturated rings. The van der Waals surface area contributed by atoms with Crippen LogP contribution in [0.2, 0.25) is 0 Å². The summed E-state index contributed by atoms with van der Waals surface area (Å²) < 4.78 is 5.33. The van der Waals surface area contributed by atoms with E-state index in [-0.39, 0.29) is 5.41 Å². The van der Waals surface area contributed by atoms with E-state index < -0.39 is 0 Å². The lowest BCUT2D eigenvalue weighted by atomic mass is 9.91. The largest absolute Gasteiger partial charge is 0.494 e. The SMILES string of the molecule is COc1cc(C(C)(C)C)nc2c(N)ncnc12. The van der Waals surface area contributed by atoms with Crippen molar-refractivity contribution in [1.29, 1.82) is 0 Å². The first kappa shape index (κ1) is 11.6. The molecule has 2 rings (SSSR count). The number of anilines is 1. The van der Waals surface area contributed by atoms with Crippen LogP contribution in [0.5, 0.6) is 5.75 Å². The molecule has 0 aliphatic rings. The van der Waals surface area contributed by atoms with Gasteiger partial charge in [-0.15, -0.1) is 0 Å². The van der Waals surface area contributed by atoms with E-state index in [9.17, 15) is 0 Å². The Morgan fingerprint density at radius 3 is 2.47 bits per heavy atom. The number of nitrogen functional groups attached to an aromatic ring is 1. The highest BCUT2D eigenvalue weighted by molar-refractivity contribution is 5.88. The Morgan fingerprint density at radius 1 is 1.18 bits per heavy atom. The van der Waals surface area contributed by atoms with Crippen molar-refractivity contribution in [2.24, 2.45) is 0 Å². The third-order valence-electron chi connectivity index (χ3n) is 2.57. The minimum absolute atomic E-state index is 0.0796. The maximum absolute atomic E-state index is 5.82. The number of methoxy groups -OCH3 is 1. The van der Waals surface area contributed by atoms with Crippen LogP contribution >= 0.6 is 0 Å². The molecular formula is C12H16N4O. The number of nitrogens with zero attached hydrogens (tertiary/aromatic N) is 3. The van der Waals surface area contributed by atoms with Crippen molar-refractivity contribution in [3.63, 3.8) is 0 Å². The van der Waals surface area contributed by atoms with Gasteiger partial charge in [-0.05, 0) is 0 Å². The van der Waals surface area contributed by atoms with Crippen molar-refractivity contribution in [2.45, 2.75) is 26.2 Å². The fourth-order valence-electron chi connectivity index (χ4n) is 1.57. The number of aromatic nitrogens is 3. The van der Waals surface area contributed by atoms with E-state index in [1.807, 2.05) is 6.07 Å². The topological polar surface area (TPSA) is 73.9 Å². The van der Waals surface area contributed by atoms with E-state index in [1.165, 1.54) is 6.33 Å². The van der Waals surface area contributed by atoms with Crippen LogP contribution in [-0.2, 0) is 5.41 Å². The van der Waals surface area contributed by atoms with E-state index in [1.54, 1.807) is 7.11 Å². The summed E-state index contributed by atoms with van der Waals surface area (Å²) in [7, 11) is 1.61. The number of hydrogen-bond acceptors (Lipinski definition) is 5. The Labute approximate surface area is 100 Å². The van der Waals surface area contributed by atoms with Crippen molar-refractivity contribution in [3.05, 3.63) is 18.1 Å². The van der Waals surface area contributed by atoms with E-state index in [4.69, 9.17) is 10.5 Å². The zero-order valence-corrected chi connectivity index (χ0v) is 10.5. The van der Waals surface area contributed by atoms with Gasteiger partial charge < -0.3 is 10.5 Å². The minimum Gasteiger partial charge on any atom is -0.494 e. The van der Waals surface area contributed by atoms with Gasteiger partial charge in [-0.25, -0.2) is 15.0 Å². The van der Waals surface area contributed by atoms with Gasteiger partial charge in [0.05, 0.1) is 12.8 Å². The number of rotatable bonds is 1. The van der Waals surface area contributed by atoms with Crippen LogP contribution in [0, 0.1) is 0 Å². The first-order valence-corrected chi connectivity index (χ1v) is 5.39. The molecule has 2 aromatic rings. The summed E-state index contributed by atoms with van der Waals surface area (Å²) in [6.07, 6.45) is 1.42. The van der Waals surface area contributed by atoms with Gasteiger partial charge in [0, 0.05) is 11.5 Å². The number of ether oxygens (including phenoxy) is 1. The molecule has 0 spiro atoms. The van der Waals surface area contributed by atoms with E-state index >= 15 is 0 Å². The molecule has 5 nitrogen and oxygen atoms in total. The molecule has 0 aliphatic heterocycles. The van der Waals surface area contributed by atoms with Crippen LogP contribution in [0.1, 0.15) is 26.5 Å². The van der Waals surface area contributed by atoms with Crippen LogP contribution < -0.4 is 10.5 Å². The second kappa shape index (κ2) is 3.84. The van der Waals surface area contributed by atoms with Gasteiger partial charge in [0.15, 0.2) is 5.82 Å². The first-order chi connectivity index (χ1) is 7.93. The first-order valence-electron chi connectivity index (χ1n) is 5.39. The van der Waals surface area contributed by atoms with Crippen molar-refractivity contribution in [1.82, 2.24) is 15.0 Å². The van der Waals surface area contributed by atoms with Crippen molar-refractivity contribution < 1.29 is 4.74 Å². The van der Waals surface area contributed by atoms with Crippen LogP contribution in [0.25, 0.3) is 11.0 Å². The summed E-state index contributed by atoms with van der Waals surface area (Å²) in [5, 5.41) is 0. The lowest BCUT2D eigenvalue weighted by Gasteiger charge is -2.19. The summed E-state index contributed by atoms with van der Waals surface area (Å²) >= 11 is 0.